The minimum atomic E-state index is -0.449. The number of hydrogen-bond donors (Lipinski definition) is 1. The zero-order valence-electron chi connectivity index (χ0n) is 9.19. The molecule has 0 aromatic heterocycles. The number of hydrogen-bond acceptors (Lipinski definition) is 4. The van der Waals surface area contributed by atoms with Gasteiger partial charge in [-0.15, -0.1) is 0 Å². The SMILES string of the molecule is COC(=O)C=Cc1ccc(C(C)=O)cc1N. The number of anilines is 1. The lowest BCUT2D eigenvalue weighted by atomic mass is 10.1. The summed E-state index contributed by atoms with van der Waals surface area (Å²) in [6.07, 6.45) is 2.82. The molecule has 1 aromatic rings. The lowest BCUT2D eigenvalue weighted by Crippen LogP contribution is -1.97. The van der Waals surface area contributed by atoms with E-state index in [-0.39, 0.29) is 5.78 Å². The predicted molar refractivity (Wildman–Crippen MR) is 61.9 cm³/mol. The highest BCUT2D eigenvalue weighted by Crippen LogP contribution is 2.16. The van der Waals surface area contributed by atoms with Gasteiger partial charge >= 0.3 is 5.97 Å². The third-order valence-electron chi connectivity index (χ3n) is 2.09. The molecule has 4 nitrogen and oxygen atoms in total. The van der Waals surface area contributed by atoms with E-state index in [1.54, 1.807) is 24.3 Å². The summed E-state index contributed by atoms with van der Waals surface area (Å²) in [5, 5.41) is 0. The average Bonchev–Trinajstić information content (AvgIpc) is 2.26. The van der Waals surface area contributed by atoms with E-state index in [0.717, 1.165) is 0 Å². The Kier molecular flexibility index (Phi) is 3.83. The number of carbonyl (C=O) groups excluding carboxylic acids is 2. The molecule has 0 aliphatic carbocycles. The van der Waals surface area contributed by atoms with Crippen molar-refractivity contribution < 1.29 is 14.3 Å². The number of methoxy groups -OCH3 is 1. The molecule has 0 radical (unpaired) electrons. The monoisotopic (exact) mass is 219 g/mol. The molecule has 1 aromatic carbocycles. The average molecular weight is 219 g/mol. The van der Waals surface area contributed by atoms with Crippen LogP contribution in [-0.4, -0.2) is 18.9 Å². The van der Waals surface area contributed by atoms with Gasteiger partial charge in [-0.1, -0.05) is 12.1 Å². The fraction of sp³-hybridized carbons (Fsp3) is 0.167. The first kappa shape index (κ1) is 12.0. The number of benzene rings is 1. The lowest BCUT2D eigenvalue weighted by Gasteiger charge is -2.02. The Balaban J connectivity index is 2.95. The van der Waals surface area contributed by atoms with Crippen LogP contribution < -0.4 is 5.73 Å². The molecule has 16 heavy (non-hydrogen) atoms. The summed E-state index contributed by atoms with van der Waals surface area (Å²) in [7, 11) is 1.30. The number of ketones is 1. The highest BCUT2D eigenvalue weighted by molar-refractivity contribution is 5.96. The number of esters is 1. The molecule has 0 saturated carbocycles. The van der Waals surface area contributed by atoms with Gasteiger partial charge in [-0.25, -0.2) is 4.79 Å². The largest absolute Gasteiger partial charge is 0.466 e. The van der Waals surface area contributed by atoms with Gasteiger partial charge in [0.15, 0.2) is 5.78 Å². The first-order valence-corrected chi connectivity index (χ1v) is 4.71. The van der Waals surface area contributed by atoms with Gasteiger partial charge in [-0.3, -0.25) is 4.79 Å². The molecule has 0 aliphatic heterocycles. The van der Waals surface area contributed by atoms with E-state index in [9.17, 15) is 9.59 Å². The Morgan fingerprint density at radius 3 is 2.56 bits per heavy atom. The predicted octanol–water partition coefficient (Wildman–Crippen LogP) is 1.66. The van der Waals surface area contributed by atoms with Crippen LogP contribution in [-0.2, 0) is 9.53 Å². The van der Waals surface area contributed by atoms with Crippen LogP contribution in [0.2, 0.25) is 0 Å². The topological polar surface area (TPSA) is 69.4 Å². The fourth-order valence-corrected chi connectivity index (χ4v) is 1.17. The van der Waals surface area contributed by atoms with E-state index in [4.69, 9.17) is 5.73 Å². The van der Waals surface area contributed by atoms with Crippen molar-refractivity contribution in [3.63, 3.8) is 0 Å². The molecule has 1 rings (SSSR count). The molecule has 0 fully saturated rings. The van der Waals surface area contributed by atoms with Crippen LogP contribution in [0.1, 0.15) is 22.8 Å². The van der Waals surface area contributed by atoms with Gasteiger partial charge in [0.1, 0.15) is 0 Å². The van der Waals surface area contributed by atoms with Crippen LogP contribution in [0.15, 0.2) is 24.3 Å². The van der Waals surface area contributed by atoms with Crippen molar-refractivity contribution in [2.45, 2.75) is 6.92 Å². The van der Waals surface area contributed by atoms with E-state index >= 15 is 0 Å². The molecular formula is C12H13NO3. The smallest absolute Gasteiger partial charge is 0.330 e. The maximum atomic E-state index is 11.1. The second-order valence-corrected chi connectivity index (χ2v) is 3.26. The first-order valence-electron chi connectivity index (χ1n) is 4.71. The summed E-state index contributed by atoms with van der Waals surface area (Å²) in [4.78, 5) is 21.9. The molecule has 0 aliphatic rings. The molecular weight excluding hydrogens is 206 g/mol. The van der Waals surface area contributed by atoms with E-state index in [2.05, 4.69) is 4.74 Å². The summed E-state index contributed by atoms with van der Waals surface area (Å²) >= 11 is 0. The van der Waals surface area contributed by atoms with E-state index in [1.807, 2.05) is 0 Å². The zero-order valence-corrected chi connectivity index (χ0v) is 9.19. The number of Topliss-reactive ketones (excluding diaryl/α,β-unsaturated/α-hetero) is 1. The summed E-state index contributed by atoms with van der Waals surface area (Å²) in [5.41, 5.74) is 7.41. The van der Waals surface area contributed by atoms with Crippen molar-refractivity contribution in [3.05, 3.63) is 35.4 Å². The van der Waals surface area contributed by atoms with Crippen LogP contribution in [0.4, 0.5) is 5.69 Å². The minimum Gasteiger partial charge on any atom is -0.466 e. The minimum absolute atomic E-state index is 0.0461. The Labute approximate surface area is 93.7 Å². The molecule has 4 heteroatoms. The van der Waals surface area contributed by atoms with Gasteiger partial charge in [0.2, 0.25) is 0 Å². The molecule has 2 N–H and O–H groups in total. The van der Waals surface area contributed by atoms with Gasteiger partial charge in [-0.05, 0) is 24.6 Å². The van der Waals surface area contributed by atoms with Crippen molar-refractivity contribution in [2.24, 2.45) is 0 Å². The summed E-state index contributed by atoms with van der Waals surface area (Å²) in [5.74, 6) is -0.495. The fourth-order valence-electron chi connectivity index (χ4n) is 1.17. The standard InChI is InChI=1S/C12H13NO3/c1-8(14)10-4-3-9(11(13)7-10)5-6-12(15)16-2/h3-7H,13H2,1-2H3. The summed E-state index contributed by atoms with van der Waals surface area (Å²) in [6.45, 7) is 1.47. The Morgan fingerprint density at radius 1 is 1.38 bits per heavy atom. The molecule has 0 unspecified atom stereocenters. The Morgan fingerprint density at radius 2 is 2.06 bits per heavy atom. The van der Waals surface area contributed by atoms with Gasteiger partial charge < -0.3 is 10.5 Å². The van der Waals surface area contributed by atoms with Crippen LogP contribution >= 0.6 is 0 Å². The lowest BCUT2D eigenvalue weighted by molar-refractivity contribution is -0.134. The third kappa shape index (κ3) is 2.95. The normalized spacial score (nSPS) is 10.4. The Hall–Kier alpha value is -2.10. The van der Waals surface area contributed by atoms with E-state index in [0.29, 0.717) is 16.8 Å². The summed E-state index contributed by atoms with van der Waals surface area (Å²) in [6, 6.07) is 4.93. The first-order chi connectivity index (χ1) is 7.54. The van der Waals surface area contributed by atoms with E-state index < -0.39 is 5.97 Å². The number of rotatable bonds is 3. The van der Waals surface area contributed by atoms with Gasteiger partial charge in [0.05, 0.1) is 7.11 Å². The van der Waals surface area contributed by atoms with Crippen molar-refractivity contribution in [3.8, 4) is 0 Å². The molecule has 0 amide bonds. The maximum Gasteiger partial charge on any atom is 0.330 e. The summed E-state index contributed by atoms with van der Waals surface area (Å²) < 4.78 is 4.45. The van der Waals surface area contributed by atoms with Crippen LogP contribution in [0.5, 0.6) is 0 Å². The van der Waals surface area contributed by atoms with Crippen molar-refractivity contribution >= 4 is 23.5 Å². The highest BCUT2D eigenvalue weighted by atomic mass is 16.5. The number of carbonyl (C=O) groups is 2. The van der Waals surface area contributed by atoms with Crippen molar-refractivity contribution in [1.82, 2.24) is 0 Å². The molecule has 0 spiro atoms. The van der Waals surface area contributed by atoms with Gasteiger partial charge in [0, 0.05) is 17.3 Å². The second-order valence-electron chi connectivity index (χ2n) is 3.26. The third-order valence-corrected chi connectivity index (χ3v) is 2.09. The Bertz CT molecular complexity index is 450. The van der Waals surface area contributed by atoms with E-state index in [1.165, 1.54) is 20.1 Å². The molecule has 0 bridgehead atoms. The number of nitrogens with two attached hydrogens (primary N) is 1. The molecule has 0 saturated heterocycles. The second kappa shape index (κ2) is 5.11. The quantitative estimate of drug-likeness (QED) is 0.363. The van der Waals surface area contributed by atoms with Gasteiger partial charge in [-0.2, -0.15) is 0 Å². The maximum absolute atomic E-state index is 11.1. The molecule has 84 valence electrons. The van der Waals surface area contributed by atoms with Crippen LogP contribution in [0.25, 0.3) is 6.08 Å². The van der Waals surface area contributed by atoms with Crippen LogP contribution in [0.3, 0.4) is 0 Å². The molecule has 0 atom stereocenters. The van der Waals surface area contributed by atoms with Gasteiger partial charge in [0.25, 0.3) is 0 Å². The number of ether oxygens (including phenoxy) is 1. The van der Waals surface area contributed by atoms with Crippen molar-refractivity contribution in [2.75, 3.05) is 12.8 Å². The zero-order chi connectivity index (χ0) is 12.1. The van der Waals surface area contributed by atoms with Crippen molar-refractivity contribution in [1.29, 1.82) is 0 Å². The number of nitrogen functional groups attached to an aromatic ring is 1. The highest BCUT2D eigenvalue weighted by Gasteiger charge is 2.02. The van der Waals surface area contributed by atoms with Crippen LogP contribution in [0, 0.1) is 0 Å². The molecule has 0 heterocycles.